The van der Waals surface area contributed by atoms with Gasteiger partial charge in [-0.3, -0.25) is 0 Å². The number of hydrogen-bond acceptors (Lipinski definition) is 2. The van der Waals surface area contributed by atoms with Gasteiger partial charge < -0.3 is 4.74 Å². The Labute approximate surface area is 138 Å². The minimum absolute atomic E-state index is 0.332. The molecule has 0 aliphatic carbocycles. The van der Waals surface area contributed by atoms with Gasteiger partial charge in [-0.15, -0.1) is 0 Å². The highest BCUT2D eigenvalue weighted by molar-refractivity contribution is 5.81. The normalized spacial score (nSPS) is 10.3. The first kappa shape index (κ1) is 17.0. The third kappa shape index (κ3) is 5.74. The van der Waals surface area contributed by atoms with E-state index >= 15 is 0 Å². The second kappa shape index (κ2) is 9.62. The lowest BCUT2D eigenvalue weighted by Gasteiger charge is -2.09. The predicted molar refractivity (Wildman–Crippen MR) is 95.2 cm³/mol. The molecule has 0 radical (unpaired) electrons. The summed E-state index contributed by atoms with van der Waals surface area (Å²) in [5, 5.41) is 0. The molecule has 2 rings (SSSR count). The third-order valence-corrected chi connectivity index (χ3v) is 3.85. The molecule has 0 amide bonds. The van der Waals surface area contributed by atoms with E-state index in [0.29, 0.717) is 6.61 Å². The lowest BCUT2D eigenvalue weighted by atomic mass is 9.96. The van der Waals surface area contributed by atoms with Crippen molar-refractivity contribution in [2.75, 3.05) is 6.61 Å². The fraction of sp³-hybridized carbons (Fsp3) is 0.286. The topological polar surface area (TPSA) is 26.3 Å². The number of carbonyl (C=O) groups is 1. The summed E-state index contributed by atoms with van der Waals surface area (Å²) in [6, 6.07) is 19.1. The van der Waals surface area contributed by atoms with E-state index in [-0.39, 0.29) is 5.97 Å². The molecule has 2 aromatic carbocycles. The van der Waals surface area contributed by atoms with Crippen LogP contribution in [0.5, 0.6) is 0 Å². The first-order valence-electron chi connectivity index (χ1n) is 8.24. The van der Waals surface area contributed by atoms with Crippen LogP contribution in [-0.2, 0) is 16.0 Å². The maximum absolute atomic E-state index is 10.9. The van der Waals surface area contributed by atoms with Gasteiger partial charge in [0, 0.05) is 6.08 Å². The molecule has 0 spiro atoms. The summed E-state index contributed by atoms with van der Waals surface area (Å²) in [5.74, 6) is -0.332. The number of benzene rings is 2. The molecule has 0 heterocycles. The monoisotopic (exact) mass is 308 g/mol. The molecular formula is C21H24O2. The van der Waals surface area contributed by atoms with Crippen molar-refractivity contribution >= 4 is 5.97 Å². The Balaban J connectivity index is 1.76. The summed E-state index contributed by atoms with van der Waals surface area (Å²) in [5.41, 5.74) is 4.00. The maximum atomic E-state index is 10.9. The molecule has 0 atom stereocenters. The van der Waals surface area contributed by atoms with Gasteiger partial charge in [0.1, 0.15) is 0 Å². The second-order valence-electron chi connectivity index (χ2n) is 5.56. The van der Waals surface area contributed by atoms with Gasteiger partial charge >= 0.3 is 5.97 Å². The van der Waals surface area contributed by atoms with Crippen LogP contribution in [-0.4, -0.2) is 12.6 Å². The first-order valence-corrected chi connectivity index (χ1v) is 8.24. The quantitative estimate of drug-likeness (QED) is 0.362. The average molecular weight is 308 g/mol. The van der Waals surface area contributed by atoms with E-state index in [9.17, 15) is 4.79 Å². The molecule has 0 N–H and O–H groups in total. The third-order valence-electron chi connectivity index (χ3n) is 3.85. The number of ether oxygens (including phenoxy) is 1. The molecular weight excluding hydrogens is 284 g/mol. The smallest absolute Gasteiger partial charge is 0.330 e. The highest BCUT2D eigenvalue weighted by atomic mass is 16.5. The van der Waals surface area contributed by atoms with Crippen LogP contribution in [0.3, 0.4) is 0 Å². The second-order valence-corrected chi connectivity index (χ2v) is 5.56. The van der Waals surface area contributed by atoms with Crippen LogP contribution < -0.4 is 0 Å². The lowest BCUT2D eigenvalue weighted by Crippen LogP contribution is -2.01. The van der Waals surface area contributed by atoms with Crippen LogP contribution in [0.2, 0.25) is 0 Å². The molecule has 0 saturated heterocycles. The van der Waals surface area contributed by atoms with Crippen LogP contribution in [0.25, 0.3) is 11.1 Å². The van der Waals surface area contributed by atoms with Crippen LogP contribution >= 0.6 is 0 Å². The van der Waals surface area contributed by atoms with Gasteiger partial charge in [0.2, 0.25) is 0 Å². The van der Waals surface area contributed by atoms with E-state index in [4.69, 9.17) is 4.74 Å². The van der Waals surface area contributed by atoms with Crippen molar-refractivity contribution in [3.8, 4) is 11.1 Å². The molecule has 0 aliphatic heterocycles. The molecule has 23 heavy (non-hydrogen) atoms. The summed E-state index contributed by atoms with van der Waals surface area (Å²) in [6.07, 6.45) is 6.59. The first-order chi connectivity index (χ1) is 11.3. The molecule has 2 nitrogen and oxygen atoms in total. The van der Waals surface area contributed by atoms with Crippen LogP contribution in [0.15, 0.2) is 67.3 Å². The zero-order valence-electron chi connectivity index (χ0n) is 13.5. The van der Waals surface area contributed by atoms with Crippen molar-refractivity contribution in [1.29, 1.82) is 0 Å². The van der Waals surface area contributed by atoms with Crippen molar-refractivity contribution in [2.45, 2.75) is 32.1 Å². The SMILES string of the molecule is C=CC(=O)OCCCCCCc1ccccc1-c1ccccc1. The number of hydrogen-bond donors (Lipinski definition) is 0. The number of esters is 1. The van der Waals surface area contributed by atoms with Gasteiger partial charge in [0.05, 0.1) is 6.61 Å². The Hall–Kier alpha value is -2.35. The molecule has 120 valence electrons. The van der Waals surface area contributed by atoms with Crippen molar-refractivity contribution in [2.24, 2.45) is 0 Å². The van der Waals surface area contributed by atoms with Gasteiger partial charge in [-0.2, -0.15) is 0 Å². The van der Waals surface area contributed by atoms with Crippen LogP contribution in [0.4, 0.5) is 0 Å². The highest BCUT2D eigenvalue weighted by Crippen LogP contribution is 2.24. The number of carbonyl (C=O) groups excluding carboxylic acids is 1. The largest absolute Gasteiger partial charge is 0.463 e. The van der Waals surface area contributed by atoms with Gasteiger partial charge in [0.25, 0.3) is 0 Å². The maximum Gasteiger partial charge on any atom is 0.330 e. The molecule has 0 aliphatic rings. The highest BCUT2D eigenvalue weighted by Gasteiger charge is 2.04. The van der Waals surface area contributed by atoms with Crippen molar-refractivity contribution in [3.63, 3.8) is 0 Å². The Morgan fingerprint density at radius 2 is 1.61 bits per heavy atom. The summed E-state index contributed by atoms with van der Waals surface area (Å²) in [7, 11) is 0. The summed E-state index contributed by atoms with van der Waals surface area (Å²) >= 11 is 0. The molecule has 0 unspecified atom stereocenters. The van der Waals surface area contributed by atoms with Crippen molar-refractivity contribution in [1.82, 2.24) is 0 Å². The Kier molecular flexibility index (Phi) is 7.12. The van der Waals surface area contributed by atoms with E-state index in [1.54, 1.807) is 0 Å². The molecule has 0 fully saturated rings. The van der Waals surface area contributed by atoms with Gasteiger partial charge in [-0.05, 0) is 36.0 Å². The zero-order valence-corrected chi connectivity index (χ0v) is 13.5. The van der Waals surface area contributed by atoms with Crippen LogP contribution in [0.1, 0.15) is 31.2 Å². The Morgan fingerprint density at radius 1 is 0.913 bits per heavy atom. The van der Waals surface area contributed by atoms with E-state index in [0.717, 1.165) is 32.1 Å². The van der Waals surface area contributed by atoms with E-state index in [2.05, 4.69) is 55.1 Å². The minimum atomic E-state index is -0.332. The number of unbranched alkanes of at least 4 members (excludes halogenated alkanes) is 3. The number of aryl methyl sites for hydroxylation is 1. The summed E-state index contributed by atoms with van der Waals surface area (Å²) < 4.78 is 4.98. The molecule has 0 saturated carbocycles. The lowest BCUT2D eigenvalue weighted by molar-refractivity contribution is -0.137. The van der Waals surface area contributed by atoms with E-state index in [1.165, 1.54) is 22.8 Å². The Bertz CT molecular complexity index is 617. The van der Waals surface area contributed by atoms with E-state index in [1.807, 2.05) is 6.07 Å². The minimum Gasteiger partial charge on any atom is -0.463 e. The predicted octanol–water partition coefficient (Wildman–Crippen LogP) is 5.19. The fourth-order valence-corrected chi connectivity index (χ4v) is 2.64. The van der Waals surface area contributed by atoms with Gasteiger partial charge in [0.15, 0.2) is 0 Å². The van der Waals surface area contributed by atoms with Gasteiger partial charge in [-0.25, -0.2) is 4.79 Å². The summed E-state index contributed by atoms with van der Waals surface area (Å²) in [6.45, 7) is 3.87. The van der Waals surface area contributed by atoms with Gasteiger partial charge in [-0.1, -0.05) is 74.0 Å². The van der Waals surface area contributed by atoms with Crippen molar-refractivity contribution < 1.29 is 9.53 Å². The van der Waals surface area contributed by atoms with E-state index < -0.39 is 0 Å². The zero-order chi connectivity index (χ0) is 16.3. The average Bonchev–Trinajstić information content (AvgIpc) is 2.61. The molecule has 2 aromatic rings. The van der Waals surface area contributed by atoms with Crippen LogP contribution in [0, 0.1) is 0 Å². The molecule has 0 bridgehead atoms. The molecule has 2 heteroatoms. The van der Waals surface area contributed by atoms with Crippen molar-refractivity contribution in [3.05, 3.63) is 72.8 Å². The summed E-state index contributed by atoms with van der Waals surface area (Å²) in [4.78, 5) is 10.9. The molecule has 0 aromatic heterocycles. The Morgan fingerprint density at radius 3 is 2.39 bits per heavy atom. The fourth-order valence-electron chi connectivity index (χ4n) is 2.64. The standard InChI is InChI=1S/C21H24O2/c1-2-21(22)23-17-11-4-3-6-12-19-15-9-10-16-20(19)18-13-7-5-8-14-18/h2,5,7-10,13-16H,1,3-4,6,11-12,17H2. The number of rotatable bonds is 9.